The second-order valence-electron chi connectivity index (χ2n) is 6.44. The van der Waals surface area contributed by atoms with E-state index in [9.17, 15) is 9.59 Å². The molecule has 0 aliphatic heterocycles. The molecule has 3 rings (SSSR count). The normalized spacial score (nSPS) is 10.4. The number of amides is 1. The Morgan fingerprint density at radius 3 is 2.17 bits per heavy atom. The molecule has 0 saturated heterocycles. The number of aromatic nitrogens is 1. The maximum absolute atomic E-state index is 13.5. The standard InChI is InChI=1S/C22H22N2O5S/c1-12(25)23-17-7-6-14(18-11-30-13(2)24-18)8-16(17)21(26)15-9-19(27-3)22(29-5)20(10-15)28-4/h6-11H,1-5H3,(H,23,25). The molecule has 1 N–H and O–H groups in total. The van der Waals surface area contributed by atoms with Crippen LogP contribution in [0.1, 0.15) is 27.9 Å². The zero-order valence-electron chi connectivity index (χ0n) is 17.4. The van der Waals surface area contributed by atoms with Crippen molar-refractivity contribution in [2.75, 3.05) is 26.6 Å². The third-order valence-electron chi connectivity index (χ3n) is 4.42. The number of nitrogens with one attached hydrogen (secondary N) is 1. The van der Waals surface area contributed by atoms with E-state index < -0.39 is 0 Å². The van der Waals surface area contributed by atoms with Gasteiger partial charge in [0.25, 0.3) is 0 Å². The summed E-state index contributed by atoms with van der Waals surface area (Å²) in [5, 5.41) is 5.57. The first-order valence-electron chi connectivity index (χ1n) is 9.06. The molecule has 0 aliphatic carbocycles. The van der Waals surface area contributed by atoms with Gasteiger partial charge in [0.2, 0.25) is 11.7 Å². The highest BCUT2D eigenvalue weighted by molar-refractivity contribution is 7.09. The summed E-state index contributed by atoms with van der Waals surface area (Å²) < 4.78 is 16.0. The monoisotopic (exact) mass is 426 g/mol. The summed E-state index contributed by atoms with van der Waals surface area (Å²) in [6, 6.07) is 8.43. The second kappa shape index (κ2) is 8.96. The smallest absolute Gasteiger partial charge is 0.221 e. The maximum Gasteiger partial charge on any atom is 0.221 e. The molecule has 0 radical (unpaired) electrons. The number of carbonyl (C=O) groups is 2. The fourth-order valence-corrected chi connectivity index (χ4v) is 3.68. The van der Waals surface area contributed by atoms with E-state index in [4.69, 9.17) is 14.2 Å². The number of thiazole rings is 1. The van der Waals surface area contributed by atoms with E-state index in [1.54, 1.807) is 24.3 Å². The van der Waals surface area contributed by atoms with E-state index in [1.807, 2.05) is 18.4 Å². The van der Waals surface area contributed by atoms with E-state index in [-0.39, 0.29) is 11.7 Å². The summed E-state index contributed by atoms with van der Waals surface area (Å²) in [6.45, 7) is 3.31. The van der Waals surface area contributed by atoms with Crippen molar-refractivity contribution >= 4 is 28.7 Å². The first-order valence-corrected chi connectivity index (χ1v) is 9.94. The van der Waals surface area contributed by atoms with Crippen LogP contribution in [-0.2, 0) is 4.79 Å². The Morgan fingerprint density at radius 1 is 1.00 bits per heavy atom. The average molecular weight is 426 g/mol. The summed E-state index contributed by atoms with van der Waals surface area (Å²) in [4.78, 5) is 29.6. The quantitative estimate of drug-likeness (QED) is 0.566. The van der Waals surface area contributed by atoms with Crippen LogP contribution in [-0.4, -0.2) is 38.0 Å². The molecule has 0 unspecified atom stereocenters. The molecule has 0 bridgehead atoms. The van der Waals surface area contributed by atoms with Gasteiger partial charge in [0.05, 0.1) is 37.7 Å². The predicted molar refractivity (Wildman–Crippen MR) is 116 cm³/mol. The minimum Gasteiger partial charge on any atom is -0.493 e. The fraction of sp³-hybridized carbons (Fsp3) is 0.227. The van der Waals surface area contributed by atoms with Crippen molar-refractivity contribution in [3.05, 3.63) is 51.8 Å². The summed E-state index contributed by atoms with van der Waals surface area (Å²) in [6.07, 6.45) is 0. The zero-order chi connectivity index (χ0) is 21.8. The molecular weight excluding hydrogens is 404 g/mol. The fourth-order valence-electron chi connectivity index (χ4n) is 3.05. The van der Waals surface area contributed by atoms with Gasteiger partial charge < -0.3 is 19.5 Å². The van der Waals surface area contributed by atoms with Crippen molar-refractivity contribution in [3.8, 4) is 28.5 Å². The molecule has 0 fully saturated rings. The van der Waals surface area contributed by atoms with Gasteiger partial charge in [0, 0.05) is 29.0 Å². The van der Waals surface area contributed by atoms with Gasteiger partial charge in [-0.25, -0.2) is 4.98 Å². The van der Waals surface area contributed by atoms with Crippen molar-refractivity contribution in [1.29, 1.82) is 0 Å². The van der Waals surface area contributed by atoms with Gasteiger partial charge in [-0.1, -0.05) is 6.07 Å². The SMILES string of the molecule is COc1cc(C(=O)c2cc(-c3csc(C)n3)ccc2NC(C)=O)cc(OC)c1OC. The molecule has 0 atom stereocenters. The van der Waals surface area contributed by atoms with E-state index in [1.165, 1.54) is 39.6 Å². The van der Waals surface area contributed by atoms with Crippen LogP contribution in [0.2, 0.25) is 0 Å². The Balaban J connectivity index is 2.14. The van der Waals surface area contributed by atoms with Gasteiger partial charge in [-0.2, -0.15) is 0 Å². The Hall–Kier alpha value is -3.39. The Morgan fingerprint density at radius 2 is 1.67 bits per heavy atom. The lowest BCUT2D eigenvalue weighted by molar-refractivity contribution is -0.114. The predicted octanol–water partition coefficient (Wildman–Crippen LogP) is 4.33. The lowest BCUT2D eigenvalue weighted by Gasteiger charge is -2.15. The first-order chi connectivity index (χ1) is 14.4. The molecule has 0 saturated carbocycles. The number of benzene rings is 2. The Kier molecular flexibility index (Phi) is 6.37. The third kappa shape index (κ3) is 4.28. The van der Waals surface area contributed by atoms with Gasteiger partial charge in [-0.05, 0) is 31.2 Å². The van der Waals surface area contributed by atoms with E-state index in [0.29, 0.717) is 34.1 Å². The maximum atomic E-state index is 13.5. The Bertz CT molecular complexity index is 1080. The highest BCUT2D eigenvalue weighted by Crippen LogP contribution is 2.39. The molecule has 0 aliphatic rings. The number of hydrogen-bond acceptors (Lipinski definition) is 7. The topological polar surface area (TPSA) is 86.8 Å². The number of methoxy groups -OCH3 is 3. The molecule has 3 aromatic rings. The zero-order valence-corrected chi connectivity index (χ0v) is 18.2. The number of ketones is 1. The molecule has 30 heavy (non-hydrogen) atoms. The number of rotatable bonds is 7. The highest BCUT2D eigenvalue weighted by Gasteiger charge is 2.21. The lowest BCUT2D eigenvalue weighted by Crippen LogP contribution is -2.12. The molecule has 156 valence electrons. The molecule has 7 nitrogen and oxygen atoms in total. The number of ether oxygens (including phenoxy) is 3. The molecule has 0 spiro atoms. The lowest BCUT2D eigenvalue weighted by atomic mass is 9.97. The molecule has 1 amide bonds. The average Bonchev–Trinajstić information content (AvgIpc) is 3.18. The summed E-state index contributed by atoms with van der Waals surface area (Å²) in [7, 11) is 4.47. The Labute approximate surface area is 178 Å². The van der Waals surface area contributed by atoms with Gasteiger partial charge in [-0.15, -0.1) is 11.3 Å². The van der Waals surface area contributed by atoms with Crippen LogP contribution in [0, 0.1) is 6.92 Å². The van der Waals surface area contributed by atoms with Gasteiger partial charge in [-0.3, -0.25) is 9.59 Å². The molecular formula is C22H22N2O5S. The van der Waals surface area contributed by atoms with E-state index >= 15 is 0 Å². The molecule has 2 aromatic carbocycles. The largest absolute Gasteiger partial charge is 0.493 e. The van der Waals surface area contributed by atoms with Crippen molar-refractivity contribution in [2.45, 2.75) is 13.8 Å². The number of hydrogen-bond donors (Lipinski definition) is 1. The van der Waals surface area contributed by atoms with Gasteiger partial charge >= 0.3 is 0 Å². The van der Waals surface area contributed by atoms with Crippen molar-refractivity contribution in [3.63, 3.8) is 0 Å². The number of aryl methyl sites for hydroxylation is 1. The number of anilines is 1. The van der Waals surface area contributed by atoms with Crippen LogP contribution >= 0.6 is 11.3 Å². The number of nitrogens with zero attached hydrogens (tertiary/aromatic N) is 1. The number of carbonyl (C=O) groups excluding carboxylic acids is 2. The molecule has 1 aromatic heterocycles. The van der Waals surface area contributed by atoms with Crippen molar-refractivity contribution in [1.82, 2.24) is 4.98 Å². The van der Waals surface area contributed by atoms with Crippen LogP contribution in [0.25, 0.3) is 11.3 Å². The van der Waals surface area contributed by atoms with Crippen molar-refractivity contribution in [2.24, 2.45) is 0 Å². The first kappa shape index (κ1) is 21.3. The third-order valence-corrected chi connectivity index (χ3v) is 5.19. The summed E-state index contributed by atoms with van der Waals surface area (Å²) in [5.74, 6) is 0.559. The van der Waals surface area contributed by atoms with Crippen LogP contribution in [0.3, 0.4) is 0 Å². The van der Waals surface area contributed by atoms with Crippen LogP contribution < -0.4 is 19.5 Å². The summed E-state index contributed by atoms with van der Waals surface area (Å²) >= 11 is 1.53. The molecule has 8 heteroatoms. The van der Waals surface area contributed by atoms with Crippen LogP contribution in [0.15, 0.2) is 35.7 Å². The summed E-state index contributed by atoms with van der Waals surface area (Å²) in [5.41, 5.74) is 2.64. The van der Waals surface area contributed by atoms with Gasteiger partial charge in [0.1, 0.15) is 0 Å². The minimum atomic E-state index is -0.299. The van der Waals surface area contributed by atoms with Crippen LogP contribution in [0.4, 0.5) is 5.69 Å². The molecule has 1 heterocycles. The minimum absolute atomic E-state index is 0.272. The van der Waals surface area contributed by atoms with Gasteiger partial charge in [0.15, 0.2) is 17.3 Å². The highest BCUT2D eigenvalue weighted by atomic mass is 32.1. The van der Waals surface area contributed by atoms with E-state index in [2.05, 4.69) is 10.3 Å². The van der Waals surface area contributed by atoms with Crippen LogP contribution in [0.5, 0.6) is 17.2 Å². The van der Waals surface area contributed by atoms with E-state index in [0.717, 1.165) is 16.3 Å². The second-order valence-corrected chi connectivity index (χ2v) is 7.50. The van der Waals surface area contributed by atoms with Crippen molar-refractivity contribution < 1.29 is 23.8 Å².